The molecule has 4 rings (SSSR count). The molecule has 2 fully saturated rings. The summed E-state index contributed by atoms with van der Waals surface area (Å²) in [6.07, 6.45) is 13.8. The number of ketones is 1. The minimum Gasteiger partial charge on any atom is -0.299 e. The fourth-order valence-corrected chi connectivity index (χ4v) is 6.81. The zero-order chi connectivity index (χ0) is 16.9. The van der Waals surface area contributed by atoms with Crippen LogP contribution in [0.1, 0.15) is 72.1 Å². The largest absolute Gasteiger partial charge is 0.299 e. The Labute approximate surface area is 147 Å². The second kappa shape index (κ2) is 5.62. The first-order valence-electron chi connectivity index (χ1n) is 9.90. The van der Waals surface area contributed by atoms with Gasteiger partial charge in [0.1, 0.15) is 5.78 Å². The highest BCUT2D eigenvalue weighted by atomic mass is 16.1. The van der Waals surface area contributed by atoms with Gasteiger partial charge in [-0.25, -0.2) is 0 Å². The van der Waals surface area contributed by atoms with Gasteiger partial charge in [-0.1, -0.05) is 37.5 Å². The molecular formula is C23H30O. The summed E-state index contributed by atoms with van der Waals surface area (Å²) >= 11 is 0. The molecule has 0 radical (unpaired) electrons. The molecule has 0 amide bonds. The van der Waals surface area contributed by atoms with Crippen LogP contribution in [0.5, 0.6) is 0 Å². The summed E-state index contributed by atoms with van der Waals surface area (Å²) in [5, 5.41) is 0. The van der Waals surface area contributed by atoms with Crippen molar-refractivity contribution in [2.24, 2.45) is 28.6 Å². The molecule has 0 aromatic heterocycles. The Balaban J connectivity index is 1.70. The lowest BCUT2D eigenvalue weighted by Crippen LogP contribution is -2.50. The van der Waals surface area contributed by atoms with Gasteiger partial charge in [-0.05, 0) is 68.6 Å². The summed E-state index contributed by atoms with van der Waals surface area (Å²) in [5.41, 5.74) is 3.55. The van der Waals surface area contributed by atoms with Gasteiger partial charge in [0.25, 0.3) is 0 Å². The predicted molar refractivity (Wildman–Crippen MR) is 98.2 cm³/mol. The van der Waals surface area contributed by atoms with Crippen LogP contribution in [0.25, 0.3) is 0 Å². The molecule has 0 aliphatic heterocycles. The lowest BCUT2D eigenvalue weighted by Gasteiger charge is -2.57. The zero-order valence-electron chi connectivity index (χ0n) is 15.5. The van der Waals surface area contributed by atoms with E-state index < -0.39 is 0 Å². The number of hydrogen-bond donors (Lipinski definition) is 0. The van der Waals surface area contributed by atoms with Crippen LogP contribution in [0.2, 0.25) is 0 Å². The van der Waals surface area contributed by atoms with Crippen LogP contribution in [-0.4, -0.2) is 5.78 Å². The third-order valence-corrected chi connectivity index (χ3v) is 8.15. The summed E-state index contributed by atoms with van der Waals surface area (Å²) in [7, 11) is 0. The van der Waals surface area contributed by atoms with Crippen molar-refractivity contribution in [3.63, 3.8) is 0 Å². The molecular weight excluding hydrogens is 292 g/mol. The van der Waals surface area contributed by atoms with Crippen molar-refractivity contribution in [1.29, 1.82) is 0 Å². The Hall–Kier alpha value is -1.29. The van der Waals surface area contributed by atoms with Crippen molar-refractivity contribution >= 4 is 5.78 Å². The summed E-state index contributed by atoms with van der Waals surface area (Å²) in [4.78, 5) is 12.0. The number of fused-ring (bicyclic) bond motifs is 5. The van der Waals surface area contributed by atoms with Crippen LogP contribution in [0.4, 0.5) is 0 Å². The van der Waals surface area contributed by atoms with E-state index in [2.05, 4.69) is 37.8 Å². The highest BCUT2D eigenvalue weighted by molar-refractivity contribution is 5.82. The van der Waals surface area contributed by atoms with Gasteiger partial charge < -0.3 is 0 Å². The Morgan fingerprint density at radius 1 is 1.21 bits per heavy atom. The molecule has 0 bridgehead atoms. The maximum atomic E-state index is 12.0. The molecule has 4 aliphatic rings. The maximum Gasteiger partial charge on any atom is 0.136 e. The van der Waals surface area contributed by atoms with Crippen molar-refractivity contribution in [2.75, 3.05) is 0 Å². The Morgan fingerprint density at radius 2 is 2.04 bits per heavy atom. The average molecular weight is 322 g/mol. The zero-order valence-corrected chi connectivity index (χ0v) is 15.5. The SMILES string of the molecule is CC#CC1=CCC2C3CC=C4CC(=O)CC[C@]4(C)C3CC[C@]12CC. The minimum atomic E-state index is 0.288. The Kier molecular flexibility index (Phi) is 3.79. The van der Waals surface area contributed by atoms with E-state index in [0.29, 0.717) is 11.2 Å². The number of Topliss-reactive ketones (excluding diaryl/α,β-unsaturated/α-hetero) is 1. The monoisotopic (exact) mass is 322 g/mol. The smallest absolute Gasteiger partial charge is 0.136 e. The van der Waals surface area contributed by atoms with E-state index in [-0.39, 0.29) is 5.41 Å². The molecule has 0 aromatic rings. The molecule has 24 heavy (non-hydrogen) atoms. The van der Waals surface area contributed by atoms with E-state index in [1.807, 2.05) is 6.92 Å². The molecule has 3 unspecified atom stereocenters. The van der Waals surface area contributed by atoms with Crippen molar-refractivity contribution in [1.82, 2.24) is 0 Å². The normalized spacial score (nSPS) is 43.6. The van der Waals surface area contributed by atoms with Gasteiger partial charge in [0.2, 0.25) is 0 Å². The molecule has 2 saturated carbocycles. The molecule has 0 N–H and O–H groups in total. The molecule has 0 saturated heterocycles. The van der Waals surface area contributed by atoms with Gasteiger partial charge in [-0.3, -0.25) is 4.79 Å². The fraction of sp³-hybridized carbons (Fsp3) is 0.696. The van der Waals surface area contributed by atoms with Crippen molar-refractivity contribution in [3.8, 4) is 11.8 Å². The van der Waals surface area contributed by atoms with Crippen LogP contribution in [0.3, 0.4) is 0 Å². The minimum absolute atomic E-state index is 0.288. The Morgan fingerprint density at radius 3 is 2.79 bits per heavy atom. The van der Waals surface area contributed by atoms with Gasteiger partial charge in [-0.15, -0.1) is 5.92 Å². The second-order valence-electron chi connectivity index (χ2n) is 8.75. The van der Waals surface area contributed by atoms with E-state index in [4.69, 9.17) is 0 Å². The van der Waals surface area contributed by atoms with Crippen LogP contribution in [0, 0.1) is 40.4 Å². The quantitative estimate of drug-likeness (QED) is 0.462. The number of carbonyl (C=O) groups excluding carboxylic acids is 1. The van der Waals surface area contributed by atoms with Crippen LogP contribution in [0.15, 0.2) is 23.3 Å². The summed E-state index contributed by atoms with van der Waals surface area (Å²) in [6, 6.07) is 0. The van der Waals surface area contributed by atoms with Gasteiger partial charge in [-0.2, -0.15) is 0 Å². The number of carbonyl (C=O) groups is 1. The van der Waals surface area contributed by atoms with Gasteiger partial charge in [0.15, 0.2) is 0 Å². The lowest BCUT2D eigenvalue weighted by molar-refractivity contribution is -0.122. The maximum absolute atomic E-state index is 12.0. The highest BCUT2D eigenvalue weighted by Gasteiger charge is 2.57. The fourth-order valence-electron chi connectivity index (χ4n) is 6.81. The third-order valence-electron chi connectivity index (χ3n) is 8.15. The van der Waals surface area contributed by atoms with Gasteiger partial charge >= 0.3 is 0 Å². The molecule has 128 valence electrons. The third kappa shape index (κ3) is 2.05. The van der Waals surface area contributed by atoms with E-state index in [0.717, 1.165) is 37.0 Å². The topological polar surface area (TPSA) is 17.1 Å². The average Bonchev–Trinajstić information content (AvgIpc) is 2.95. The first-order valence-corrected chi connectivity index (χ1v) is 9.90. The van der Waals surface area contributed by atoms with E-state index in [1.165, 1.54) is 43.3 Å². The number of hydrogen-bond acceptors (Lipinski definition) is 1. The van der Waals surface area contributed by atoms with Crippen LogP contribution in [-0.2, 0) is 4.79 Å². The first kappa shape index (κ1) is 16.2. The molecule has 0 spiro atoms. The summed E-state index contributed by atoms with van der Waals surface area (Å²) in [6.45, 7) is 6.81. The van der Waals surface area contributed by atoms with E-state index >= 15 is 0 Å². The van der Waals surface area contributed by atoms with Crippen LogP contribution < -0.4 is 0 Å². The lowest BCUT2D eigenvalue weighted by atomic mass is 9.47. The molecule has 1 nitrogen and oxygen atoms in total. The van der Waals surface area contributed by atoms with Crippen LogP contribution >= 0.6 is 0 Å². The van der Waals surface area contributed by atoms with Gasteiger partial charge in [0.05, 0.1) is 0 Å². The molecule has 0 heterocycles. The molecule has 1 heteroatoms. The molecule has 5 atom stereocenters. The second-order valence-corrected chi connectivity index (χ2v) is 8.75. The first-order chi connectivity index (χ1) is 11.5. The predicted octanol–water partition coefficient (Wildman–Crippen LogP) is 5.47. The summed E-state index contributed by atoms with van der Waals surface area (Å²) < 4.78 is 0. The van der Waals surface area contributed by atoms with E-state index in [1.54, 1.807) is 0 Å². The Bertz CT molecular complexity index is 685. The number of rotatable bonds is 1. The standard InChI is InChI=1S/C23H30O/c1-4-6-16-8-10-21-19-9-7-17-15-18(24)11-13-22(17,3)20(19)12-14-23(16,21)5-2/h7-8,19-21H,5,9-15H2,1-3H3/t19?,20?,21?,22-,23+/m0/s1. The summed E-state index contributed by atoms with van der Waals surface area (Å²) in [5.74, 6) is 9.40. The van der Waals surface area contributed by atoms with Gasteiger partial charge in [0, 0.05) is 23.8 Å². The van der Waals surface area contributed by atoms with Crippen molar-refractivity contribution in [2.45, 2.75) is 72.1 Å². The number of allylic oxidation sites excluding steroid dienone is 4. The highest BCUT2D eigenvalue weighted by Crippen LogP contribution is 2.65. The molecule has 0 aromatic carbocycles. The van der Waals surface area contributed by atoms with Crippen molar-refractivity contribution < 1.29 is 4.79 Å². The van der Waals surface area contributed by atoms with Crippen molar-refractivity contribution in [3.05, 3.63) is 23.3 Å². The van der Waals surface area contributed by atoms with E-state index in [9.17, 15) is 4.79 Å². The molecule has 4 aliphatic carbocycles.